The molecular weight excluding hydrogens is 226 g/mol. The van der Waals surface area contributed by atoms with Crippen molar-refractivity contribution in [1.29, 1.82) is 0 Å². The summed E-state index contributed by atoms with van der Waals surface area (Å²) in [5.74, 6) is 0.686. The van der Waals surface area contributed by atoms with Gasteiger partial charge in [0.2, 0.25) is 0 Å². The van der Waals surface area contributed by atoms with Gasteiger partial charge in [-0.1, -0.05) is 48.5 Å². The summed E-state index contributed by atoms with van der Waals surface area (Å²) in [5, 5.41) is 9.19. The summed E-state index contributed by atoms with van der Waals surface area (Å²) < 4.78 is 5.66. The van der Waals surface area contributed by atoms with Crippen molar-refractivity contribution in [3.8, 4) is 5.75 Å². The molecule has 3 heteroatoms. The van der Waals surface area contributed by atoms with Crippen LogP contribution >= 0.6 is 0 Å². The van der Waals surface area contributed by atoms with E-state index in [2.05, 4.69) is 0 Å². The minimum atomic E-state index is -0.169. The molecule has 0 radical (unpaired) electrons. The molecule has 0 aliphatic rings. The third-order valence-corrected chi connectivity index (χ3v) is 2.79. The van der Waals surface area contributed by atoms with Crippen LogP contribution in [0.3, 0.4) is 0 Å². The molecule has 1 unspecified atom stereocenters. The van der Waals surface area contributed by atoms with Gasteiger partial charge in [-0.25, -0.2) is 0 Å². The normalized spacial score (nSPS) is 12.1. The van der Waals surface area contributed by atoms with E-state index in [9.17, 15) is 5.11 Å². The van der Waals surface area contributed by atoms with Crippen LogP contribution < -0.4 is 10.5 Å². The summed E-state index contributed by atoms with van der Waals surface area (Å²) in [5.41, 5.74) is 7.86. The number of aliphatic hydroxyl groups excluding tert-OH is 1. The molecule has 0 bridgehead atoms. The molecule has 0 fully saturated rings. The molecule has 18 heavy (non-hydrogen) atoms. The fraction of sp³-hybridized carbons (Fsp3) is 0.200. The molecule has 1 atom stereocenters. The summed E-state index contributed by atoms with van der Waals surface area (Å²) >= 11 is 0. The van der Waals surface area contributed by atoms with Crippen molar-refractivity contribution in [1.82, 2.24) is 0 Å². The lowest BCUT2D eigenvalue weighted by Gasteiger charge is -2.15. The van der Waals surface area contributed by atoms with E-state index in [-0.39, 0.29) is 12.6 Å². The summed E-state index contributed by atoms with van der Waals surface area (Å²) in [4.78, 5) is 0. The molecule has 0 saturated heterocycles. The highest BCUT2D eigenvalue weighted by Crippen LogP contribution is 2.19. The molecule has 2 aromatic carbocycles. The third-order valence-electron chi connectivity index (χ3n) is 2.79. The number of aliphatic hydroxyl groups is 1. The van der Waals surface area contributed by atoms with Crippen LogP contribution in [0.5, 0.6) is 5.75 Å². The topological polar surface area (TPSA) is 55.5 Å². The Kier molecular flexibility index (Phi) is 4.34. The molecule has 0 heterocycles. The molecule has 0 amide bonds. The second-order valence-electron chi connectivity index (χ2n) is 4.09. The zero-order valence-electron chi connectivity index (χ0n) is 10.1. The van der Waals surface area contributed by atoms with E-state index >= 15 is 0 Å². The van der Waals surface area contributed by atoms with Crippen LogP contribution in [0.4, 0.5) is 0 Å². The van der Waals surface area contributed by atoms with E-state index < -0.39 is 0 Å². The Hall–Kier alpha value is -1.84. The Morgan fingerprint density at radius 1 is 1.00 bits per heavy atom. The van der Waals surface area contributed by atoms with E-state index in [1.54, 1.807) is 0 Å². The fourth-order valence-electron chi connectivity index (χ4n) is 1.75. The van der Waals surface area contributed by atoms with Gasteiger partial charge >= 0.3 is 0 Å². The van der Waals surface area contributed by atoms with Crippen molar-refractivity contribution in [2.24, 2.45) is 5.73 Å². The highest BCUT2D eigenvalue weighted by molar-refractivity contribution is 5.32. The number of hydrogen-bond acceptors (Lipinski definition) is 3. The number of rotatable bonds is 5. The first-order valence-electron chi connectivity index (χ1n) is 5.93. The maximum absolute atomic E-state index is 9.19. The Morgan fingerprint density at radius 2 is 1.67 bits per heavy atom. The van der Waals surface area contributed by atoms with Gasteiger partial charge in [0.25, 0.3) is 0 Å². The lowest BCUT2D eigenvalue weighted by atomic mass is 10.1. The van der Waals surface area contributed by atoms with E-state index in [4.69, 9.17) is 10.5 Å². The Balaban J connectivity index is 1.99. The molecule has 0 aromatic heterocycles. The molecule has 3 N–H and O–H groups in total. The summed E-state index contributed by atoms with van der Waals surface area (Å²) in [6.45, 7) is 0.359. The van der Waals surface area contributed by atoms with Crippen molar-refractivity contribution < 1.29 is 9.84 Å². The van der Waals surface area contributed by atoms with E-state index in [1.165, 1.54) is 0 Å². The quantitative estimate of drug-likeness (QED) is 0.847. The molecule has 3 nitrogen and oxygen atoms in total. The highest BCUT2D eigenvalue weighted by atomic mass is 16.5. The smallest absolute Gasteiger partial charge is 0.124 e. The molecule has 2 rings (SSSR count). The number of nitrogens with two attached hydrogens (primary N) is 1. The van der Waals surface area contributed by atoms with Gasteiger partial charge in [-0.2, -0.15) is 0 Å². The van der Waals surface area contributed by atoms with Gasteiger partial charge < -0.3 is 15.6 Å². The van der Waals surface area contributed by atoms with Crippen LogP contribution in [0, 0.1) is 0 Å². The van der Waals surface area contributed by atoms with Crippen LogP contribution in [0.15, 0.2) is 54.6 Å². The SMILES string of the molecule is NC(COc1ccccc1CO)c1ccccc1. The van der Waals surface area contributed by atoms with Crippen LogP contribution in [-0.4, -0.2) is 11.7 Å². The number of hydrogen-bond donors (Lipinski definition) is 2. The van der Waals surface area contributed by atoms with Crippen molar-refractivity contribution in [3.63, 3.8) is 0 Å². The summed E-state index contributed by atoms with van der Waals surface area (Å²) in [6, 6.07) is 17.1. The van der Waals surface area contributed by atoms with Gasteiger partial charge in [-0.05, 0) is 11.6 Å². The average molecular weight is 243 g/mol. The molecule has 94 valence electrons. The average Bonchev–Trinajstić information content (AvgIpc) is 2.46. The van der Waals surface area contributed by atoms with Crippen molar-refractivity contribution in [3.05, 3.63) is 65.7 Å². The number of benzene rings is 2. The van der Waals surface area contributed by atoms with Gasteiger partial charge in [-0.15, -0.1) is 0 Å². The van der Waals surface area contributed by atoms with Crippen LogP contribution in [0.2, 0.25) is 0 Å². The van der Waals surface area contributed by atoms with Gasteiger partial charge in [-0.3, -0.25) is 0 Å². The van der Waals surface area contributed by atoms with Crippen molar-refractivity contribution >= 4 is 0 Å². The highest BCUT2D eigenvalue weighted by Gasteiger charge is 2.08. The second-order valence-corrected chi connectivity index (χ2v) is 4.09. The second kappa shape index (κ2) is 6.19. The molecular formula is C15H17NO2. The maximum atomic E-state index is 9.19. The van der Waals surface area contributed by atoms with Gasteiger partial charge in [0.1, 0.15) is 12.4 Å². The van der Waals surface area contributed by atoms with E-state index in [0.717, 1.165) is 11.1 Å². The molecule has 0 saturated carbocycles. The van der Waals surface area contributed by atoms with E-state index in [1.807, 2.05) is 54.6 Å². The molecule has 0 aliphatic heterocycles. The maximum Gasteiger partial charge on any atom is 0.124 e. The van der Waals surface area contributed by atoms with Crippen LogP contribution in [0.1, 0.15) is 17.2 Å². The minimum Gasteiger partial charge on any atom is -0.491 e. The molecule has 0 aliphatic carbocycles. The first-order valence-corrected chi connectivity index (χ1v) is 5.93. The lowest BCUT2D eigenvalue weighted by Crippen LogP contribution is -2.19. The predicted molar refractivity (Wildman–Crippen MR) is 71.2 cm³/mol. The van der Waals surface area contributed by atoms with Crippen molar-refractivity contribution in [2.75, 3.05) is 6.61 Å². The standard InChI is InChI=1S/C15H17NO2/c16-14(12-6-2-1-3-7-12)11-18-15-9-5-4-8-13(15)10-17/h1-9,14,17H,10-11,16H2. The van der Waals surface area contributed by atoms with E-state index in [0.29, 0.717) is 12.4 Å². The monoisotopic (exact) mass is 243 g/mol. The number of para-hydroxylation sites is 1. The Labute approximate surface area is 107 Å². The molecule has 0 spiro atoms. The van der Waals surface area contributed by atoms with Crippen molar-refractivity contribution in [2.45, 2.75) is 12.6 Å². The minimum absolute atomic E-state index is 0.0310. The van der Waals surface area contributed by atoms with Gasteiger partial charge in [0.05, 0.1) is 12.6 Å². The zero-order chi connectivity index (χ0) is 12.8. The predicted octanol–water partition coefficient (Wildman–Crippen LogP) is 2.26. The zero-order valence-corrected chi connectivity index (χ0v) is 10.1. The van der Waals surface area contributed by atoms with Gasteiger partial charge in [0.15, 0.2) is 0 Å². The Bertz CT molecular complexity index is 485. The van der Waals surface area contributed by atoms with Gasteiger partial charge in [0, 0.05) is 5.56 Å². The third kappa shape index (κ3) is 3.09. The number of ether oxygens (including phenoxy) is 1. The Morgan fingerprint density at radius 3 is 2.39 bits per heavy atom. The fourth-order valence-corrected chi connectivity index (χ4v) is 1.75. The first kappa shape index (κ1) is 12.6. The summed E-state index contributed by atoms with van der Waals surface area (Å²) in [6.07, 6.45) is 0. The molecule has 2 aromatic rings. The lowest BCUT2D eigenvalue weighted by molar-refractivity contribution is 0.255. The first-order chi connectivity index (χ1) is 8.81. The largest absolute Gasteiger partial charge is 0.491 e. The van der Waals surface area contributed by atoms with Crippen LogP contribution in [-0.2, 0) is 6.61 Å². The summed E-state index contributed by atoms with van der Waals surface area (Å²) in [7, 11) is 0. The van der Waals surface area contributed by atoms with Crippen LogP contribution in [0.25, 0.3) is 0 Å².